The van der Waals surface area contributed by atoms with Crippen LogP contribution in [-0.4, -0.2) is 11.2 Å². The van der Waals surface area contributed by atoms with E-state index in [1.807, 2.05) is 31.2 Å². The summed E-state index contributed by atoms with van der Waals surface area (Å²) in [7, 11) is 0. The molecule has 0 bridgehead atoms. The lowest BCUT2D eigenvalue weighted by molar-refractivity contribution is 0.235. The summed E-state index contributed by atoms with van der Waals surface area (Å²) in [6.45, 7) is 2.17. The van der Waals surface area contributed by atoms with Gasteiger partial charge in [-0.05, 0) is 43.4 Å². The van der Waals surface area contributed by atoms with Crippen molar-refractivity contribution in [1.29, 1.82) is 0 Å². The quantitative estimate of drug-likeness (QED) is 0.885. The number of urea groups is 1. The summed E-state index contributed by atoms with van der Waals surface area (Å²) in [4.78, 5) is 12.1. The van der Waals surface area contributed by atoms with Gasteiger partial charge in [0, 0.05) is 11.1 Å². The van der Waals surface area contributed by atoms with Crippen LogP contribution in [0.5, 0.6) is 0 Å². The fourth-order valence-corrected chi connectivity index (χ4v) is 2.56. The average Bonchev–Trinajstić information content (AvgIpc) is 3.26. The number of nitrogens with one attached hydrogen (secondary N) is 2. The highest BCUT2D eigenvalue weighted by Crippen LogP contribution is 2.41. The van der Waals surface area contributed by atoms with Gasteiger partial charge in [-0.15, -0.1) is 0 Å². The molecule has 1 aliphatic carbocycles. The van der Waals surface area contributed by atoms with E-state index < -0.39 is 0 Å². The van der Waals surface area contributed by atoms with Gasteiger partial charge in [0.2, 0.25) is 0 Å². The first-order valence-electron chi connectivity index (χ1n) is 7.34. The molecule has 2 amide bonds. The zero-order valence-electron chi connectivity index (χ0n) is 12.3. The van der Waals surface area contributed by atoms with Gasteiger partial charge in [-0.3, -0.25) is 0 Å². The van der Waals surface area contributed by atoms with Gasteiger partial charge < -0.3 is 15.2 Å². The average molecular weight is 320 g/mol. The fourth-order valence-electron chi connectivity index (χ4n) is 2.44. The van der Waals surface area contributed by atoms with E-state index in [4.69, 9.17) is 16.1 Å². The van der Waals surface area contributed by atoms with Crippen LogP contribution in [0.3, 0.4) is 0 Å². The maximum atomic E-state index is 12.1. The molecular formula is C16H18ClN3O2. The van der Waals surface area contributed by atoms with Crippen LogP contribution in [0.4, 0.5) is 4.79 Å². The molecule has 0 radical (unpaired) electrons. The van der Waals surface area contributed by atoms with Crippen LogP contribution < -0.4 is 10.6 Å². The van der Waals surface area contributed by atoms with E-state index in [1.54, 1.807) is 6.07 Å². The van der Waals surface area contributed by atoms with Crippen molar-refractivity contribution in [2.24, 2.45) is 5.92 Å². The highest BCUT2D eigenvalue weighted by atomic mass is 35.5. The fraction of sp³-hybridized carbons (Fsp3) is 0.375. The summed E-state index contributed by atoms with van der Waals surface area (Å²) in [5.41, 5.74) is 1.79. The minimum Gasteiger partial charge on any atom is -0.361 e. The van der Waals surface area contributed by atoms with Crippen molar-refractivity contribution < 1.29 is 9.32 Å². The molecule has 3 rings (SSSR count). The molecule has 0 aliphatic heterocycles. The number of carbonyl (C=O) groups excluding carboxylic acids is 1. The first kappa shape index (κ1) is 14.9. The molecule has 1 heterocycles. The predicted octanol–water partition coefficient (Wildman–Crippen LogP) is 3.59. The van der Waals surface area contributed by atoms with Gasteiger partial charge in [-0.1, -0.05) is 28.9 Å². The zero-order valence-corrected chi connectivity index (χ0v) is 13.1. The third-order valence-corrected chi connectivity index (χ3v) is 3.97. The molecule has 5 nitrogen and oxygen atoms in total. The van der Waals surface area contributed by atoms with E-state index in [0.717, 1.165) is 24.2 Å². The molecule has 1 atom stereocenters. The second-order valence-corrected chi connectivity index (χ2v) is 6.06. The van der Waals surface area contributed by atoms with E-state index in [1.165, 1.54) is 0 Å². The maximum absolute atomic E-state index is 12.1. The number of amides is 2. The normalized spacial score (nSPS) is 15.4. The third kappa shape index (κ3) is 3.80. The van der Waals surface area contributed by atoms with Crippen molar-refractivity contribution in [2.75, 3.05) is 0 Å². The number of halogens is 1. The number of aryl methyl sites for hydroxylation is 1. The summed E-state index contributed by atoms with van der Waals surface area (Å²) in [5.74, 6) is 1.23. The van der Waals surface area contributed by atoms with E-state index >= 15 is 0 Å². The van der Waals surface area contributed by atoms with E-state index in [9.17, 15) is 4.79 Å². The molecule has 0 saturated heterocycles. The largest absolute Gasteiger partial charge is 0.361 e. The van der Waals surface area contributed by atoms with Gasteiger partial charge in [-0.25, -0.2) is 4.79 Å². The Balaban J connectivity index is 1.59. The van der Waals surface area contributed by atoms with Crippen molar-refractivity contribution in [3.05, 3.63) is 52.4 Å². The monoisotopic (exact) mass is 319 g/mol. The van der Waals surface area contributed by atoms with Crippen LogP contribution in [0.1, 0.15) is 35.9 Å². The molecule has 1 saturated carbocycles. The molecule has 1 aromatic carbocycles. The molecule has 116 valence electrons. The van der Waals surface area contributed by atoms with E-state index in [0.29, 0.717) is 23.2 Å². The van der Waals surface area contributed by atoms with Crippen molar-refractivity contribution in [2.45, 2.75) is 32.4 Å². The molecular weight excluding hydrogens is 302 g/mol. The van der Waals surface area contributed by atoms with E-state index in [2.05, 4.69) is 15.8 Å². The Kier molecular flexibility index (Phi) is 4.34. The summed E-state index contributed by atoms with van der Waals surface area (Å²) >= 11 is 5.92. The minimum atomic E-state index is -0.201. The standard InChI is InChI=1S/C16H18ClN3O2/c1-10-8-14(20-22-10)9-18-16(21)19-15(11-2-3-11)12-4-6-13(17)7-5-12/h4-8,11,15H,2-3,9H2,1H3,(H2,18,19,21)/t15-/m1/s1. The molecule has 2 aromatic rings. The summed E-state index contributed by atoms with van der Waals surface area (Å²) < 4.78 is 4.97. The number of nitrogens with zero attached hydrogens (tertiary/aromatic N) is 1. The van der Waals surface area contributed by atoms with Gasteiger partial charge in [0.25, 0.3) is 0 Å². The van der Waals surface area contributed by atoms with Crippen LogP contribution in [0.25, 0.3) is 0 Å². The highest BCUT2D eigenvalue weighted by molar-refractivity contribution is 6.30. The maximum Gasteiger partial charge on any atom is 0.315 e. The van der Waals surface area contributed by atoms with Gasteiger partial charge >= 0.3 is 6.03 Å². The second kappa shape index (κ2) is 6.40. The Labute approximate surface area is 134 Å². The number of rotatable bonds is 5. The molecule has 1 aromatic heterocycles. The van der Waals surface area contributed by atoms with Gasteiger partial charge in [0.15, 0.2) is 0 Å². The van der Waals surface area contributed by atoms with E-state index in [-0.39, 0.29) is 12.1 Å². The van der Waals surface area contributed by atoms with Crippen LogP contribution in [0.2, 0.25) is 5.02 Å². The third-order valence-electron chi connectivity index (χ3n) is 3.72. The smallest absolute Gasteiger partial charge is 0.315 e. The summed E-state index contributed by atoms with van der Waals surface area (Å²) in [6.07, 6.45) is 2.27. The van der Waals surface area contributed by atoms with Crippen LogP contribution in [-0.2, 0) is 6.54 Å². The molecule has 0 unspecified atom stereocenters. The Hall–Kier alpha value is -2.01. The number of carbonyl (C=O) groups is 1. The van der Waals surface area contributed by atoms with Crippen LogP contribution in [0.15, 0.2) is 34.9 Å². The molecule has 2 N–H and O–H groups in total. The van der Waals surface area contributed by atoms with Gasteiger partial charge in [-0.2, -0.15) is 0 Å². The predicted molar refractivity (Wildman–Crippen MR) is 83.5 cm³/mol. The molecule has 6 heteroatoms. The highest BCUT2D eigenvalue weighted by Gasteiger charge is 2.33. The molecule has 0 spiro atoms. The van der Waals surface area contributed by atoms with Crippen molar-refractivity contribution in [3.63, 3.8) is 0 Å². The summed E-state index contributed by atoms with van der Waals surface area (Å²) in [6, 6.07) is 9.26. The Bertz CT molecular complexity index is 650. The van der Waals surface area contributed by atoms with Crippen molar-refractivity contribution >= 4 is 17.6 Å². The molecule has 1 fully saturated rings. The van der Waals surface area contributed by atoms with Crippen molar-refractivity contribution in [3.8, 4) is 0 Å². The second-order valence-electron chi connectivity index (χ2n) is 5.62. The minimum absolute atomic E-state index is 0.0244. The van der Waals surface area contributed by atoms with Gasteiger partial charge in [0.05, 0.1) is 12.6 Å². The Morgan fingerprint density at radius 1 is 1.41 bits per heavy atom. The summed E-state index contributed by atoms with van der Waals surface area (Å²) in [5, 5.41) is 10.4. The Morgan fingerprint density at radius 2 is 2.14 bits per heavy atom. The lowest BCUT2D eigenvalue weighted by Crippen LogP contribution is -2.38. The molecule has 22 heavy (non-hydrogen) atoms. The first-order chi connectivity index (χ1) is 10.6. The number of hydrogen-bond acceptors (Lipinski definition) is 3. The van der Waals surface area contributed by atoms with Crippen LogP contribution in [0, 0.1) is 12.8 Å². The molecule has 1 aliphatic rings. The zero-order chi connectivity index (χ0) is 15.5. The Morgan fingerprint density at radius 3 is 2.73 bits per heavy atom. The van der Waals surface area contributed by atoms with Crippen LogP contribution >= 0.6 is 11.6 Å². The van der Waals surface area contributed by atoms with Crippen molar-refractivity contribution in [1.82, 2.24) is 15.8 Å². The number of benzene rings is 1. The number of hydrogen-bond donors (Lipinski definition) is 2. The first-order valence-corrected chi connectivity index (χ1v) is 7.71. The lowest BCUT2D eigenvalue weighted by Gasteiger charge is -2.19. The van der Waals surface area contributed by atoms with Gasteiger partial charge in [0.1, 0.15) is 11.5 Å². The topological polar surface area (TPSA) is 67.2 Å². The number of aromatic nitrogens is 1. The lowest BCUT2D eigenvalue weighted by atomic mass is 10.0. The SMILES string of the molecule is Cc1cc(CNC(=O)N[C@@H](c2ccc(Cl)cc2)C2CC2)no1.